The molecule has 1 aliphatic heterocycles. The summed E-state index contributed by atoms with van der Waals surface area (Å²) in [4.78, 5) is 42.4. The summed E-state index contributed by atoms with van der Waals surface area (Å²) in [6, 6.07) is 12.2. The minimum Gasteiger partial charge on any atom is -0.350 e. The molecule has 1 aliphatic carbocycles. The summed E-state index contributed by atoms with van der Waals surface area (Å²) in [7, 11) is 0. The second-order valence-electron chi connectivity index (χ2n) is 8.99. The second-order valence-corrected chi connectivity index (χ2v) is 8.99. The highest BCUT2D eigenvalue weighted by atomic mass is 19.1. The Balaban J connectivity index is 1.55. The average molecular weight is 468 g/mol. The number of urea groups is 1. The third-order valence-corrected chi connectivity index (χ3v) is 6.42. The molecule has 0 radical (unpaired) electrons. The number of rotatable bonds is 4. The zero-order chi connectivity index (χ0) is 24.2. The fourth-order valence-electron chi connectivity index (χ4n) is 4.50. The number of anilines is 1. The fourth-order valence-corrected chi connectivity index (χ4v) is 4.50. The fraction of sp³-hybridized carbons (Fsp3) is 0.400. The Labute approximate surface area is 198 Å². The molecule has 4 N–H and O–H groups in total. The Morgan fingerprint density at radius 3 is 2.32 bits per heavy atom. The van der Waals surface area contributed by atoms with E-state index in [0.29, 0.717) is 5.69 Å². The number of carbonyl (C=O) groups is 3. The number of aryl methyl sites for hydroxylation is 1. The number of halogens is 1. The molecule has 2 fully saturated rings. The van der Waals surface area contributed by atoms with E-state index in [-0.39, 0.29) is 30.7 Å². The maximum absolute atomic E-state index is 13.8. The molecule has 8 nitrogen and oxygen atoms in total. The average Bonchev–Trinajstić information content (AvgIpc) is 3.27. The number of hydrogen-bond acceptors (Lipinski definition) is 4. The van der Waals surface area contributed by atoms with Crippen molar-refractivity contribution < 1.29 is 18.8 Å². The summed E-state index contributed by atoms with van der Waals surface area (Å²) in [6.07, 6.45) is 1.95. The van der Waals surface area contributed by atoms with E-state index in [1.807, 2.05) is 19.1 Å². The molecule has 1 heterocycles. The molecule has 180 valence electrons. The summed E-state index contributed by atoms with van der Waals surface area (Å²) in [5, 5.41) is 5.81. The molecule has 2 aromatic carbocycles. The summed E-state index contributed by atoms with van der Waals surface area (Å²) in [5.74, 6) is -1.48. The van der Waals surface area contributed by atoms with Gasteiger partial charge in [-0.2, -0.15) is 0 Å². The predicted octanol–water partition coefficient (Wildman–Crippen LogP) is 2.84. The zero-order valence-corrected chi connectivity index (χ0v) is 19.2. The van der Waals surface area contributed by atoms with Crippen molar-refractivity contribution in [2.75, 3.05) is 18.4 Å². The molecule has 0 spiro atoms. The van der Waals surface area contributed by atoms with E-state index in [9.17, 15) is 18.8 Å². The molecule has 1 saturated heterocycles. The summed E-state index contributed by atoms with van der Waals surface area (Å²) >= 11 is 0. The smallest absolute Gasteiger partial charge is 0.323 e. The topological polar surface area (TPSA) is 108 Å². The van der Waals surface area contributed by atoms with Crippen molar-refractivity contribution in [3.8, 4) is 0 Å². The maximum Gasteiger partial charge on any atom is 0.323 e. The quantitative estimate of drug-likeness (QED) is 0.643. The molecule has 1 unspecified atom stereocenters. The molecule has 1 atom stereocenters. The van der Waals surface area contributed by atoms with Crippen LogP contribution in [0.15, 0.2) is 48.5 Å². The van der Waals surface area contributed by atoms with Crippen LogP contribution in [-0.4, -0.2) is 59.0 Å². The molecular weight excluding hydrogens is 437 g/mol. The SMILES string of the molecule is Cc1ccc(NC(=O)N2CCN(C(=O)c3cccc(F)c3)C2C(=O)NC2CCC(N)CC2)cc1. The van der Waals surface area contributed by atoms with Crippen molar-refractivity contribution in [2.45, 2.75) is 50.9 Å². The zero-order valence-electron chi connectivity index (χ0n) is 19.2. The normalized spacial score (nSPS) is 22.4. The van der Waals surface area contributed by atoms with Gasteiger partial charge in [0.2, 0.25) is 0 Å². The van der Waals surface area contributed by atoms with Crippen LogP contribution in [0.4, 0.5) is 14.9 Å². The number of nitrogens with zero attached hydrogens (tertiary/aromatic N) is 2. The van der Waals surface area contributed by atoms with Crippen LogP contribution >= 0.6 is 0 Å². The summed E-state index contributed by atoms with van der Waals surface area (Å²) in [5.41, 5.74) is 7.74. The van der Waals surface area contributed by atoms with E-state index in [1.54, 1.807) is 12.1 Å². The van der Waals surface area contributed by atoms with Crippen molar-refractivity contribution in [2.24, 2.45) is 5.73 Å². The van der Waals surface area contributed by atoms with Gasteiger partial charge in [-0.3, -0.25) is 14.5 Å². The molecular formula is C25H30FN5O3. The molecule has 9 heteroatoms. The lowest BCUT2D eigenvalue weighted by atomic mass is 9.92. The van der Waals surface area contributed by atoms with Crippen LogP contribution in [0, 0.1) is 12.7 Å². The van der Waals surface area contributed by atoms with Gasteiger partial charge in [-0.15, -0.1) is 0 Å². The van der Waals surface area contributed by atoms with Crippen LogP contribution < -0.4 is 16.4 Å². The van der Waals surface area contributed by atoms with Gasteiger partial charge in [0.25, 0.3) is 11.8 Å². The Morgan fingerprint density at radius 2 is 1.65 bits per heavy atom. The maximum atomic E-state index is 13.8. The van der Waals surface area contributed by atoms with Crippen molar-refractivity contribution >= 4 is 23.5 Å². The number of carbonyl (C=O) groups excluding carboxylic acids is 3. The van der Waals surface area contributed by atoms with Crippen molar-refractivity contribution in [3.63, 3.8) is 0 Å². The molecule has 0 bridgehead atoms. The number of benzene rings is 2. The lowest BCUT2D eigenvalue weighted by molar-refractivity contribution is -0.128. The van der Waals surface area contributed by atoms with Gasteiger partial charge < -0.3 is 21.3 Å². The third-order valence-electron chi connectivity index (χ3n) is 6.42. The minimum absolute atomic E-state index is 0.0685. The first-order valence-electron chi connectivity index (χ1n) is 11.6. The standard InChI is InChI=1S/C25H30FN5O3/c1-16-5-9-21(10-6-16)29-25(34)31-14-13-30(24(33)17-3-2-4-18(26)15-17)23(31)22(32)28-20-11-7-19(27)8-12-20/h2-6,9-10,15,19-20,23H,7-8,11-14,27H2,1H3,(H,28,32)(H,29,34). The largest absolute Gasteiger partial charge is 0.350 e. The predicted molar refractivity (Wildman–Crippen MR) is 127 cm³/mol. The van der Waals surface area contributed by atoms with E-state index in [2.05, 4.69) is 10.6 Å². The van der Waals surface area contributed by atoms with Gasteiger partial charge in [0.1, 0.15) is 5.82 Å². The van der Waals surface area contributed by atoms with Crippen molar-refractivity contribution in [1.82, 2.24) is 15.1 Å². The lowest BCUT2D eigenvalue weighted by Crippen LogP contribution is -2.56. The molecule has 2 aliphatic rings. The molecule has 1 saturated carbocycles. The first-order valence-corrected chi connectivity index (χ1v) is 11.6. The minimum atomic E-state index is -1.14. The highest BCUT2D eigenvalue weighted by molar-refractivity contribution is 6.00. The Kier molecular flexibility index (Phi) is 7.12. The highest BCUT2D eigenvalue weighted by Crippen LogP contribution is 2.23. The Bertz CT molecular complexity index is 1050. The summed E-state index contributed by atoms with van der Waals surface area (Å²) in [6.45, 7) is 2.27. The molecule has 4 rings (SSSR count). The van der Waals surface area contributed by atoms with Gasteiger partial charge in [0, 0.05) is 36.4 Å². The van der Waals surface area contributed by atoms with Gasteiger partial charge in [-0.05, 0) is 62.9 Å². The van der Waals surface area contributed by atoms with E-state index >= 15 is 0 Å². The monoisotopic (exact) mass is 467 g/mol. The van der Waals surface area contributed by atoms with E-state index in [0.717, 1.165) is 37.3 Å². The van der Waals surface area contributed by atoms with Crippen LogP contribution in [0.3, 0.4) is 0 Å². The molecule has 34 heavy (non-hydrogen) atoms. The Hall–Kier alpha value is -3.46. The van der Waals surface area contributed by atoms with E-state index in [4.69, 9.17) is 5.73 Å². The Morgan fingerprint density at radius 1 is 0.971 bits per heavy atom. The van der Waals surface area contributed by atoms with Gasteiger partial charge in [-0.25, -0.2) is 9.18 Å². The van der Waals surface area contributed by atoms with E-state index < -0.39 is 29.8 Å². The van der Waals surface area contributed by atoms with Crippen LogP contribution in [0.25, 0.3) is 0 Å². The number of amides is 4. The van der Waals surface area contributed by atoms with Crippen molar-refractivity contribution in [1.29, 1.82) is 0 Å². The molecule has 2 aromatic rings. The third kappa shape index (κ3) is 5.36. The van der Waals surface area contributed by atoms with Crippen LogP contribution in [0.1, 0.15) is 41.6 Å². The number of nitrogens with one attached hydrogen (secondary N) is 2. The van der Waals surface area contributed by atoms with Crippen LogP contribution in [0.2, 0.25) is 0 Å². The van der Waals surface area contributed by atoms with Gasteiger partial charge in [0.05, 0.1) is 0 Å². The number of nitrogens with two attached hydrogens (primary N) is 1. The lowest BCUT2D eigenvalue weighted by Gasteiger charge is -2.32. The van der Waals surface area contributed by atoms with Crippen molar-refractivity contribution in [3.05, 3.63) is 65.5 Å². The first-order chi connectivity index (χ1) is 16.3. The molecule has 4 amide bonds. The molecule has 0 aromatic heterocycles. The second kappa shape index (κ2) is 10.2. The van der Waals surface area contributed by atoms with Gasteiger partial charge in [0.15, 0.2) is 6.17 Å². The van der Waals surface area contributed by atoms with Crippen LogP contribution in [0.5, 0.6) is 0 Å². The summed E-state index contributed by atoms with van der Waals surface area (Å²) < 4.78 is 13.8. The van der Waals surface area contributed by atoms with Gasteiger partial charge in [-0.1, -0.05) is 23.8 Å². The van der Waals surface area contributed by atoms with Crippen LogP contribution in [-0.2, 0) is 4.79 Å². The first kappa shape index (κ1) is 23.7. The highest BCUT2D eigenvalue weighted by Gasteiger charge is 2.43. The van der Waals surface area contributed by atoms with E-state index in [1.165, 1.54) is 28.0 Å². The number of hydrogen-bond donors (Lipinski definition) is 3. The van der Waals surface area contributed by atoms with Gasteiger partial charge >= 0.3 is 6.03 Å².